The molecule has 0 aromatic heterocycles. The standard InChI is InChI=1S/C35H49N5O9S/c1-22(2)50(46,47)38-31(43)35-18-25(35)15-9-7-6-8-10-16-27(36-32(44)49-34(3,4)5)30(42)40-21-26(17-28(40)29(41)37-35)48-33(45)39-19-23-13-11-12-14-24(23)20-39/h9,11-15,22,25-28H,6-8,10,16-21H2,1-5H3,(H,36,44)(H,37,41)(H,38,43)/t25-,26-,27+,28+,35-/m1/s1. The lowest BCUT2D eigenvalue weighted by Crippen LogP contribution is -2.58. The molecule has 50 heavy (non-hydrogen) atoms. The predicted molar refractivity (Wildman–Crippen MR) is 183 cm³/mol. The van der Waals surface area contributed by atoms with Crippen LogP contribution in [0, 0.1) is 5.92 Å². The number of allylic oxidation sites excluding steroid dienone is 1. The van der Waals surface area contributed by atoms with Crippen molar-refractivity contribution in [1.82, 2.24) is 25.2 Å². The van der Waals surface area contributed by atoms with Gasteiger partial charge in [0.15, 0.2) is 0 Å². The molecule has 5 atom stereocenters. The lowest BCUT2D eigenvalue weighted by molar-refractivity contribution is -0.141. The number of fused-ring (bicyclic) bond motifs is 3. The topological polar surface area (TPSA) is 181 Å². The molecule has 1 aromatic carbocycles. The second-order valence-electron chi connectivity index (χ2n) is 14.9. The van der Waals surface area contributed by atoms with Gasteiger partial charge in [-0.15, -0.1) is 0 Å². The fraction of sp³-hybridized carbons (Fsp3) is 0.629. The zero-order chi connectivity index (χ0) is 36.4. The molecule has 1 saturated heterocycles. The molecule has 15 heteroatoms. The van der Waals surface area contributed by atoms with E-state index in [-0.39, 0.29) is 25.8 Å². The maximum atomic E-state index is 14.3. The van der Waals surface area contributed by atoms with Gasteiger partial charge < -0.3 is 25.0 Å². The van der Waals surface area contributed by atoms with Gasteiger partial charge in [0.2, 0.25) is 21.8 Å². The van der Waals surface area contributed by atoms with Crippen molar-refractivity contribution >= 4 is 39.9 Å². The second kappa shape index (κ2) is 14.6. The maximum absolute atomic E-state index is 14.3. The highest BCUT2D eigenvalue weighted by atomic mass is 32.2. The fourth-order valence-corrected chi connectivity index (χ4v) is 7.31. The van der Waals surface area contributed by atoms with Crippen LogP contribution < -0.4 is 15.4 Å². The smallest absolute Gasteiger partial charge is 0.410 e. The van der Waals surface area contributed by atoms with E-state index in [0.29, 0.717) is 25.9 Å². The zero-order valence-corrected chi connectivity index (χ0v) is 30.2. The average Bonchev–Trinajstić information content (AvgIpc) is 3.33. The third-order valence-electron chi connectivity index (χ3n) is 9.56. The van der Waals surface area contributed by atoms with E-state index in [9.17, 15) is 32.4 Å². The molecule has 0 radical (unpaired) electrons. The summed E-state index contributed by atoms with van der Waals surface area (Å²) in [5.74, 6) is -2.55. The van der Waals surface area contributed by atoms with E-state index < -0.39 is 80.4 Å². The molecule has 3 N–H and O–H groups in total. The highest BCUT2D eigenvalue weighted by molar-refractivity contribution is 7.90. The molecule has 4 aliphatic rings. The van der Waals surface area contributed by atoms with Crippen LogP contribution in [0.3, 0.4) is 0 Å². The van der Waals surface area contributed by atoms with E-state index in [0.717, 1.165) is 24.0 Å². The zero-order valence-electron chi connectivity index (χ0n) is 29.4. The molecule has 0 bridgehead atoms. The number of hydrogen-bond donors (Lipinski definition) is 3. The molecule has 14 nitrogen and oxygen atoms in total. The van der Waals surface area contributed by atoms with E-state index in [2.05, 4.69) is 15.4 Å². The highest BCUT2D eigenvalue weighted by Gasteiger charge is 2.61. The molecule has 274 valence electrons. The molecule has 3 aliphatic heterocycles. The van der Waals surface area contributed by atoms with Crippen LogP contribution >= 0.6 is 0 Å². The van der Waals surface area contributed by atoms with Crippen molar-refractivity contribution in [3.63, 3.8) is 0 Å². The van der Waals surface area contributed by atoms with Crippen molar-refractivity contribution in [2.45, 2.75) is 127 Å². The first-order chi connectivity index (χ1) is 23.5. The molecule has 3 heterocycles. The fourth-order valence-electron chi connectivity index (χ4n) is 6.63. The molecular weight excluding hydrogens is 666 g/mol. The van der Waals surface area contributed by atoms with Crippen LogP contribution in [0.4, 0.5) is 9.59 Å². The van der Waals surface area contributed by atoms with Crippen molar-refractivity contribution in [2.24, 2.45) is 5.92 Å². The summed E-state index contributed by atoms with van der Waals surface area (Å²) in [6.07, 6.45) is 4.68. The third-order valence-corrected chi connectivity index (χ3v) is 11.3. The summed E-state index contributed by atoms with van der Waals surface area (Å²) >= 11 is 0. The van der Waals surface area contributed by atoms with E-state index in [1.54, 1.807) is 25.7 Å². The van der Waals surface area contributed by atoms with Crippen LogP contribution in [0.5, 0.6) is 0 Å². The van der Waals surface area contributed by atoms with Crippen molar-refractivity contribution < 1.29 is 41.9 Å². The third kappa shape index (κ3) is 8.59. The van der Waals surface area contributed by atoms with E-state index in [4.69, 9.17) is 9.47 Å². The van der Waals surface area contributed by atoms with Gasteiger partial charge in [-0.2, -0.15) is 0 Å². The predicted octanol–water partition coefficient (Wildman–Crippen LogP) is 3.25. The summed E-state index contributed by atoms with van der Waals surface area (Å²) in [6, 6.07) is 5.45. The average molecular weight is 716 g/mol. The summed E-state index contributed by atoms with van der Waals surface area (Å²) < 4.78 is 38.8. The van der Waals surface area contributed by atoms with Gasteiger partial charge in [-0.05, 0) is 71.4 Å². The van der Waals surface area contributed by atoms with Gasteiger partial charge in [-0.3, -0.25) is 24.0 Å². The summed E-state index contributed by atoms with van der Waals surface area (Å²) in [6.45, 7) is 8.61. The van der Waals surface area contributed by atoms with Crippen LogP contribution in [-0.4, -0.2) is 89.2 Å². The minimum atomic E-state index is -4.00. The maximum Gasteiger partial charge on any atom is 0.410 e. The Kier molecular flexibility index (Phi) is 10.8. The molecule has 1 saturated carbocycles. The minimum absolute atomic E-state index is 0.0637. The van der Waals surface area contributed by atoms with E-state index in [1.165, 1.54) is 18.7 Å². The molecule has 2 fully saturated rings. The number of sulfonamides is 1. The van der Waals surface area contributed by atoms with Gasteiger partial charge >= 0.3 is 12.2 Å². The van der Waals surface area contributed by atoms with Crippen molar-refractivity contribution in [3.8, 4) is 0 Å². The first kappa shape index (κ1) is 37.1. The number of carbonyl (C=O) groups is 5. The Labute approximate surface area is 293 Å². The van der Waals surface area contributed by atoms with Gasteiger partial charge in [-0.1, -0.05) is 49.3 Å². The Morgan fingerprint density at radius 1 is 1.04 bits per heavy atom. The Balaban J connectivity index is 1.41. The van der Waals surface area contributed by atoms with Gasteiger partial charge in [0.1, 0.15) is 29.3 Å². The van der Waals surface area contributed by atoms with Gasteiger partial charge in [0, 0.05) is 25.4 Å². The Morgan fingerprint density at radius 3 is 2.36 bits per heavy atom. The van der Waals surface area contributed by atoms with Crippen molar-refractivity contribution in [2.75, 3.05) is 6.54 Å². The molecule has 1 aliphatic carbocycles. The number of carbonyl (C=O) groups excluding carboxylic acids is 5. The minimum Gasteiger partial charge on any atom is -0.444 e. The van der Waals surface area contributed by atoms with Crippen molar-refractivity contribution in [1.29, 1.82) is 0 Å². The largest absolute Gasteiger partial charge is 0.444 e. The normalized spacial score (nSPS) is 27.2. The first-order valence-corrected chi connectivity index (χ1v) is 18.9. The molecule has 5 amide bonds. The van der Waals surface area contributed by atoms with Crippen LogP contribution in [-0.2, 0) is 47.0 Å². The molecule has 0 unspecified atom stereocenters. The van der Waals surface area contributed by atoms with Crippen LogP contribution in [0.25, 0.3) is 0 Å². The Morgan fingerprint density at radius 2 is 1.72 bits per heavy atom. The molecule has 5 rings (SSSR count). The van der Waals surface area contributed by atoms with Gasteiger partial charge in [0.05, 0.1) is 11.8 Å². The van der Waals surface area contributed by atoms with Crippen molar-refractivity contribution in [3.05, 3.63) is 47.5 Å². The first-order valence-electron chi connectivity index (χ1n) is 17.4. The van der Waals surface area contributed by atoms with E-state index in [1.807, 2.05) is 36.4 Å². The number of ether oxygens (including phenoxy) is 2. The Hall–Kier alpha value is -4.14. The number of alkyl carbamates (subject to hydrolysis) is 1. The van der Waals surface area contributed by atoms with Gasteiger partial charge in [0.25, 0.3) is 5.91 Å². The quantitative estimate of drug-likeness (QED) is 0.386. The summed E-state index contributed by atoms with van der Waals surface area (Å²) in [5.41, 5.74) is -0.354. The van der Waals surface area contributed by atoms with E-state index >= 15 is 0 Å². The van der Waals surface area contributed by atoms with Crippen LogP contribution in [0.1, 0.15) is 90.7 Å². The lowest BCUT2D eigenvalue weighted by Gasteiger charge is -2.30. The summed E-state index contributed by atoms with van der Waals surface area (Å²) in [5, 5.41) is 4.60. The summed E-state index contributed by atoms with van der Waals surface area (Å²) in [4.78, 5) is 71.0. The highest BCUT2D eigenvalue weighted by Crippen LogP contribution is 2.46. The Bertz CT molecular complexity index is 1610. The molecule has 0 spiro atoms. The monoisotopic (exact) mass is 715 g/mol. The lowest BCUT2D eigenvalue weighted by atomic mass is 10.0. The second-order valence-corrected chi connectivity index (χ2v) is 17.2. The van der Waals surface area contributed by atoms with Crippen LogP contribution in [0.2, 0.25) is 0 Å². The summed E-state index contributed by atoms with van der Waals surface area (Å²) in [7, 11) is -4.00. The molecule has 1 aromatic rings. The van der Waals surface area contributed by atoms with Crippen LogP contribution in [0.15, 0.2) is 36.4 Å². The number of hydrogen-bond acceptors (Lipinski definition) is 9. The number of amides is 5. The number of benzene rings is 1. The number of nitrogens with one attached hydrogen (secondary N) is 3. The number of rotatable bonds is 5. The molecular formula is C35H49N5O9S. The van der Waals surface area contributed by atoms with Gasteiger partial charge in [-0.25, -0.2) is 18.0 Å². The number of nitrogens with zero attached hydrogens (tertiary/aromatic N) is 2. The SMILES string of the molecule is CC(C)S(=O)(=O)NC(=O)[C@@]12C[C@H]1C=CCCCCC[C@H](NC(=O)OC(C)(C)C)C(=O)N1C[C@H](OC(=O)N3Cc4ccccc4C3)C[C@H]1C(=O)N2.